The highest BCUT2D eigenvalue weighted by Gasteiger charge is 2.19. The Morgan fingerprint density at radius 1 is 1.04 bits per heavy atom. The Morgan fingerprint density at radius 3 is 2.40 bits per heavy atom. The summed E-state index contributed by atoms with van der Waals surface area (Å²) in [5.74, 6) is 0.817. The number of ether oxygens (including phenoxy) is 1. The summed E-state index contributed by atoms with van der Waals surface area (Å²) >= 11 is 5.34. The van der Waals surface area contributed by atoms with Gasteiger partial charge >= 0.3 is 0 Å². The van der Waals surface area contributed by atoms with E-state index in [0.29, 0.717) is 10.7 Å². The summed E-state index contributed by atoms with van der Waals surface area (Å²) in [6.45, 7) is 1.71. The largest absolute Gasteiger partial charge is 0.495 e. The number of nitrogens with zero attached hydrogens (tertiary/aromatic N) is 1. The number of anilines is 2. The van der Waals surface area contributed by atoms with Gasteiger partial charge in [0, 0.05) is 24.3 Å². The first-order valence-corrected chi connectivity index (χ1v) is 8.68. The van der Waals surface area contributed by atoms with Crippen LogP contribution in [0.5, 0.6) is 5.75 Å². The Kier molecular flexibility index (Phi) is 5.50. The third-order valence-electron chi connectivity index (χ3n) is 4.14. The number of rotatable bonds is 4. The number of carbonyl (C=O) groups excluding carboxylic acids is 1. The minimum absolute atomic E-state index is 0.0961. The molecular weight excluding hydrogens is 334 g/mol. The van der Waals surface area contributed by atoms with Crippen molar-refractivity contribution in [3.05, 3.63) is 54.1 Å². The predicted octanol–water partition coefficient (Wildman–Crippen LogP) is 3.74. The van der Waals surface area contributed by atoms with E-state index in [-0.39, 0.29) is 5.91 Å². The number of thiocarbonyl (C=S) groups is 1. The summed E-state index contributed by atoms with van der Waals surface area (Å²) in [4.78, 5) is 14.2. The molecule has 2 aromatic rings. The van der Waals surface area contributed by atoms with Gasteiger partial charge < -0.3 is 20.3 Å². The van der Waals surface area contributed by atoms with Crippen LogP contribution in [0, 0.1) is 0 Å². The van der Waals surface area contributed by atoms with Gasteiger partial charge in [0.25, 0.3) is 5.91 Å². The third-order valence-corrected chi connectivity index (χ3v) is 4.34. The predicted molar refractivity (Wildman–Crippen MR) is 104 cm³/mol. The fourth-order valence-corrected chi connectivity index (χ4v) is 3.06. The van der Waals surface area contributed by atoms with Gasteiger partial charge in [-0.1, -0.05) is 12.1 Å². The molecule has 0 saturated carbocycles. The summed E-state index contributed by atoms with van der Waals surface area (Å²) in [6, 6.07) is 14.9. The zero-order valence-corrected chi connectivity index (χ0v) is 14.9. The van der Waals surface area contributed by atoms with E-state index < -0.39 is 0 Å². The molecule has 0 unspecified atom stereocenters. The lowest BCUT2D eigenvalue weighted by molar-refractivity contribution is 0.0793. The second-order valence-corrected chi connectivity index (χ2v) is 6.26. The number of methoxy groups -OCH3 is 1. The molecule has 0 spiro atoms. The molecule has 1 saturated heterocycles. The molecule has 2 aromatic carbocycles. The second kappa shape index (κ2) is 7.98. The van der Waals surface area contributed by atoms with Crippen molar-refractivity contribution in [3.8, 4) is 5.75 Å². The maximum absolute atomic E-state index is 12.3. The molecule has 25 heavy (non-hydrogen) atoms. The standard InChI is InChI=1S/C19H21N3O2S/c1-24-17-7-3-2-6-16(17)21-19(25)20-15-10-8-14(9-11-15)18(23)22-12-4-5-13-22/h2-3,6-11H,4-5,12-13H2,1H3,(H2,20,21,25). The molecule has 0 aromatic heterocycles. The molecule has 6 heteroatoms. The highest BCUT2D eigenvalue weighted by atomic mass is 32.1. The number of amides is 1. The molecule has 1 heterocycles. The summed E-state index contributed by atoms with van der Waals surface area (Å²) in [5.41, 5.74) is 2.32. The number of benzene rings is 2. The van der Waals surface area contributed by atoms with Gasteiger partial charge in [-0.15, -0.1) is 0 Å². The van der Waals surface area contributed by atoms with Crippen LogP contribution >= 0.6 is 12.2 Å². The molecule has 0 aliphatic carbocycles. The molecule has 2 N–H and O–H groups in total. The average molecular weight is 355 g/mol. The Hall–Kier alpha value is -2.60. The van der Waals surface area contributed by atoms with Gasteiger partial charge in [0.15, 0.2) is 5.11 Å². The number of hydrogen-bond acceptors (Lipinski definition) is 3. The summed E-state index contributed by atoms with van der Waals surface area (Å²) in [6.07, 6.45) is 2.18. The van der Waals surface area contributed by atoms with Crippen molar-refractivity contribution < 1.29 is 9.53 Å². The van der Waals surface area contributed by atoms with Gasteiger partial charge in [0.05, 0.1) is 12.8 Å². The van der Waals surface area contributed by atoms with Crippen molar-refractivity contribution in [3.63, 3.8) is 0 Å². The molecule has 0 atom stereocenters. The van der Waals surface area contributed by atoms with E-state index in [0.717, 1.165) is 43.1 Å². The van der Waals surface area contributed by atoms with Crippen molar-refractivity contribution in [1.82, 2.24) is 4.90 Å². The van der Waals surface area contributed by atoms with E-state index in [2.05, 4.69) is 10.6 Å². The van der Waals surface area contributed by atoms with Crippen LogP contribution in [0.25, 0.3) is 0 Å². The Morgan fingerprint density at radius 2 is 1.72 bits per heavy atom. The monoisotopic (exact) mass is 355 g/mol. The fourth-order valence-electron chi connectivity index (χ4n) is 2.83. The van der Waals surface area contributed by atoms with Crippen molar-refractivity contribution in [2.45, 2.75) is 12.8 Å². The van der Waals surface area contributed by atoms with E-state index in [1.54, 1.807) is 7.11 Å². The molecule has 1 aliphatic rings. The van der Waals surface area contributed by atoms with E-state index in [9.17, 15) is 4.79 Å². The fraction of sp³-hybridized carbons (Fsp3) is 0.263. The van der Waals surface area contributed by atoms with E-state index in [1.165, 1.54) is 0 Å². The van der Waals surface area contributed by atoms with Crippen molar-refractivity contribution in [2.75, 3.05) is 30.8 Å². The Labute approximate surface area is 153 Å². The quantitative estimate of drug-likeness (QED) is 0.819. The molecule has 1 amide bonds. The van der Waals surface area contributed by atoms with Crippen LogP contribution in [0.1, 0.15) is 23.2 Å². The summed E-state index contributed by atoms with van der Waals surface area (Å²) < 4.78 is 5.30. The third kappa shape index (κ3) is 4.28. The first-order valence-electron chi connectivity index (χ1n) is 8.28. The molecule has 1 fully saturated rings. The summed E-state index contributed by atoms with van der Waals surface area (Å²) in [5, 5.41) is 6.69. The van der Waals surface area contributed by atoms with Crippen LogP contribution in [0.4, 0.5) is 11.4 Å². The maximum Gasteiger partial charge on any atom is 0.253 e. The smallest absolute Gasteiger partial charge is 0.253 e. The lowest BCUT2D eigenvalue weighted by Crippen LogP contribution is -2.27. The zero-order valence-electron chi connectivity index (χ0n) is 14.1. The van der Waals surface area contributed by atoms with Gasteiger partial charge in [0.1, 0.15) is 5.75 Å². The van der Waals surface area contributed by atoms with E-state index in [1.807, 2.05) is 53.4 Å². The molecule has 0 radical (unpaired) electrons. The molecule has 0 bridgehead atoms. The topological polar surface area (TPSA) is 53.6 Å². The van der Waals surface area contributed by atoms with Gasteiger partial charge in [-0.2, -0.15) is 0 Å². The highest BCUT2D eigenvalue weighted by molar-refractivity contribution is 7.80. The van der Waals surface area contributed by atoms with Crippen LogP contribution in [0.15, 0.2) is 48.5 Å². The zero-order chi connectivity index (χ0) is 17.6. The lowest BCUT2D eigenvalue weighted by Gasteiger charge is -2.16. The van der Waals surface area contributed by atoms with Gasteiger partial charge in [-0.3, -0.25) is 4.79 Å². The molecule has 1 aliphatic heterocycles. The maximum atomic E-state index is 12.3. The first kappa shape index (κ1) is 17.2. The van der Waals surface area contributed by atoms with Crippen molar-refractivity contribution in [2.24, 2.45) is 0 Å². The van der Waals surface area contributed by atoms with Crippen LogP contribution in [-0.2, 0) is 0 Å². The first-order chi connectivity index (χ1) is 12.2. The van der Waals surface area contributed by atoms with Crippen LogP contribution < -0.4 is 15.4 Å². The molecular formula is C19H21N3O2S. The van der Waals surface area contributed by atoms with Crippen LogP contribution in [0.3, 0.4) is 0 Å². The number of hydrogen-bond donors (Lipinski definition) is 2. The van der Waals surface area contributed by atoms with Crippen LogP contribution in [0.2, 0.25) is 0 Å². The highest BCUT2D eigenvalue weighted by Crippen LogP contribution is 2.23. The van der Waals surface area contributed by atoms with E-state index >= 15 is 0 Å². The lowest BCUT2D eigenvalue weighted by atomic mass is 10.2. The normalized spacial score (nSPS) is 13.4. The van der Waals surface area contributed by atoms with Gasteiger partial charge in [-0.25, -0.2) is 0 Å². The Bertz CT molecular complexity index is 756. The number of likely N-dealkylation sites (tertiary alicyclic amines) is 1. The molecule has 5 nitrogen and oxygen atoms in total. The van der Waals surface area contributed by atoms with Crippen molar-refractivity contribution in [1.29, 1.82) is 0 Å². The Balaban J connectivity index is 1.61. The van der Waals surface area contributed by atoms with Gasteiger partial charge in [0.2, 0.25) is 0 Å². The SMILES string of the molecule is COc1ccccc1NC(=S)Nc1ccc(C(=O)N2CCCC2)cc1. The number of carbonyl (C=O) groups is 1. The van der Waals surface area contributed by atoms with E-state index in [4.69, 9.17) is 17.0 Å². The number of nitrogens with one attached hydrogen (secondary N) is 2. The van der Waals surface area contributed by atoms with Gasteiger partial charge in [-0.05, 0) is 61.5 Å². The second-order valence-electron chi connectivity index (χ2n) is 5.86. The molecule has 3 rings (SSSR count). The van der Waals surface area contributed by atoms with Crippen LogP contribution in [-0.4, -0.2) is 36.1 Å². The number of para-hydroxylation sites is 2. The molecule has 130 valence electrons. The minimum atomic E-state index is 0.0961. The minimum Gasteiger partial charge on any atom is -0.495 e. The summed E-state index contributed by atoms with van der Waals surface area (Å²) in [7, 11) is 1.62. The van der Waals surface area contributed by atoms with Crippen molar-refractivity contribution >= 4 is 34.6 Å². The average Bonchev–Trinajstić information content (AvgIpc) is 3.17.